The minimum atomic E-state index is -0.438. The Balaban J connectivity index is 0.000000124. The smallest absolute Gasteiger partial charge is 0.134 e. The van der Waals surface area contributed by atoms with Crippen molar-refractivity contribution in [3.63, 3.8) is 0 Å². The summed E-state index contributed by atoms with van der Waals surface area (Å²) in [6.45, 7) is 7.67. The van der Waals surface area contributed by atoms with Crippen LogP contribution in [-0.2, 0) is 38.5 Å². The molecule has 0 amide bonds. The third-order valence-corrected chi connectivity index (χ3v) is 26.0. The van der Waals surface area contributed by atoms with Crippen LogP contribution in [0.25, 0.3) is 62.6 Å². The highest BCUT2D eigenvalue weighted by Crippen LogP contribution is 2.33. The second-order valence-electron chi connectivity index (χ2n) is 25.3. The monoisotopic (exact) mass is 1520 g/mol. The largest absolute Gasteiger partial charge is 0.259 e. The predicted octanol–water partition coefficient (Wildman–Crippen LogP) is 6.08. The average molecular weight is 1520 g/mol. The van der Waals surface area contributed by atoms with Crippen molar-refractivity contribution in [3.8, 4) is 62.6 Å². The Morgan fingerprint density at radius 2 is 0.556 bits per heavy atom. The first-order valence-electron chi connectivity index (χ1n) is 34.7. The summed E-state index contributed by atoms with van der Waals surface area (Å²) in [5.74, 6) is -2.35. The molecule has 0 spiro atoms. The molecule has 12 heterocycles. The highest BCUT2D eigenvalue weighted by atomic mass is 32.1. The van der Waals surface area contributed by atoms with Crippen LogP contribution in [0.15, 0.2) is 169 Å². The van der Waals surface area contributed by atoms with Gasteiger partial charge in [-0.3, -0.25) is 59.9 Å². The van der Waals surface area contributed by atoms with Crippen molar-refractivity contribution in [1.29, 1.82) is 0 Å². The molecule has 0 fully saturated rings. The predicted molar refractivity (Wildman–Crippen MR) is 429 cm³/mol. The number of benzene rings is 6. The van der Waals surface area contributed by atoms with Gasteiger partial charge in [0.25, 0.3) is 0 Å². The summed E-state index contributed by atoms with van der Waals surface area (Å²) >= 11 is 9.19. The second-order valence-corrected chi connectivity index (χ2v) is 32.2. The molecular weight excluding hydrogens is 1470 g/mol. The van der Waals surface area contributed by atoms with Crippen LogP contribution in [0.2, 0.25) is 0 Å². The van der Waals surface area contributed by atoms with E-state index in [-0.39, 0.29) is 76.7 Å². The van der Waals surface area contributed by atoms with Gasteiger partial charge in [-0.2, -0.15) is 34.0 Å². The maximum atomic E-state index is 15.6. The normalized spacial score (nSPS) is 13.3. The van der Waals surface area contributed by atoms with Crippen molar-refractivity contribution in [3.05, 3.63) is 256 Å². The maximum absolute atomic E-state index is 15.6. The van der Waals surface area contributed by atoms with Gasteiger partial charge < -0.3 is 0 Å². The molecule has 0 bridgehead atoms. The molecule has 0 saturated heterocycles. The van der Waals surface area contributed by atoms with Gasteiger partial charge >= 0.3 is 0 Å². The lowest BCUT2D eigenvalue weighted by atomic mass is 9.28. The van der Waals surface area contributed by atoms with Gasteiger partial charge in [-0.1, -0.05) is 39.0 Å². The van der Waals surface area contributed by atoms with Crippen molar-refractivity contribution in [2.45, 2.75) is 59.3 Å². The zero-order chi connectivity index (χ0) is 74.4. The lowest BCUT2D eigenvalue weighted by Crippen LogP contribution is -2.34. The van der Waals surface area contributed by atoms with Crippen LogP contribution in [0.3, 0.4) is 0 Å². The van der Waals surface area contributed by atoms with Gasteiger partial charge in [-0.15, -0.1) is 34.0 Å². The highest BCUT2D eigenvalue weighted by molar-refractivity contribution is 7.39. The van der Waals surface area contributed by atoms with E-state index < -0.39 is 17.5 Å². The fourth-order valence-electron chi connectivity index (χ4n) is 14.0. The van der Waals surface area contributed by atoms with Crippen molar-refractivity contribution >= 4 is 148 Å². The van der Waals surface area contributed by atoms with Crippen LogP contribution < -0.4 is 78.6 Å². The molecule has 516 valence electrons. The van der Waals surface area contributed by atoms with E-state index in [2.05, 4.69) is 86.7 Å². The number of nitrogens with zero attached hydrogens (tertiary/aromatic N) is 12. The molecule has 12 aromatic rings. The minimum Gasteiger partial charge on any atom is -0.259 e. The molecule has 0 atom stereocenters. The number of aryl methyl sites for hydroxylation is 3. The van der Waals surface area contributed by atoms with E-state index >= 15 is 26.3 Å². The number of hydrogen-bond donors (Lipinski definition) is 0. The molecular formula is C75H51B9F6N12S6. The molecule has 12 radical (unpaired) electrons. The van der Waals surface area contributed by atoms with Crippen molar-refractivity contribution in [2.75, 3.05) is 40.0 Å². The van der Waals surface area contributed by atoms with E-state index in [0.717, 1.165) is 68.4 Å². The van der Waals surface area contributed by atoms with Gasteiger partial charge in [0.15, 0.2) is 0 Å². The number of halogens is 6. The summed E-state index contributed by atoms with van der Waals surface area (Å²) in [5.41, 5.74) is 6.51. The summed E-state index contributed by atoms with van der Waals surface area (Å²) in [5, 5.41) is 7.07. The Morgan fingerprint density at radius 1 is 0.287 bits per heavy atom. The topological polar surface area (TPSA) is 148 Å². The zero-order valence-corrected chi connectivity index (χ0v) is 63.1. The summed E-state index contributed by atoms with van der Waals surface area (Å²) in [6.07, 6.45) is 3.17. The van der Waals surface area contributed by atoms with Crippen LogP contribution in [0.1, 0.15) is 68.8 Å². The standard InChI is InChI=1S/3C25H17B3F2N4S2/c1-2-14-3-4-17(35-14)20-15(29)8-12(22-24(20)33-10-31-22)7-13-9-16(30)21(25-23(13)32-11-34-25)18-5-6-19(36-18)27-28-26;1-2-13-3-4-19(35-13)21-17(30)8-12(22-25(21)34-10-31-22)7-14-16(29)9-15(24-23(14)32-11-33-24)18-5-6-20(36-18)27-28-26;1-2-12-3-4-19(35-12)15-8-17(29)13(22-24(15)33-10-31-22)7-14-18(30)9-16(25-23(14)32-11-34-25)20-5-6-21(36-20)27-28-26/h3*3-6,8-9H,2,7,10-11H2,1H3. The number of rotatable bonds is 21. The van der Waals surface area contributed by atoms with E-state index in [1.54, 1.807) is 55.5 Å². The molecule has 6 aliphatic rings. The zero-order valence-electron chi connectivity index (χ0n) is 58.2. The molecule has 108 heavy (non-hydrogen) atoms. The van der Waals surface area contributed by atoms with Gasteiger partial charge in [0.05, 0.1) is 81.0 Å². The summed E-state index contributed by atoms with van der Waals surface area (Å²) in [6, 6.07) is 32.4. The molecule has 6 aromatic heterocycles. The van der Waals surface area contributed by atoms with E-state index in [1.165, 1.54) is 106 Å². The van der Waals surface area contributed by atoms with E-state index in [0.29, 0.717) is 125 Å². The van der Waals surface area contributed by atoms with Crippen LogP contribution in [0.5, 0.6) is 0 Å². The van der Waals surface area contributed by atoms with Crippen LogP contribution >= 0.6 is 68.0 Å². The van der Waals surface area contributed by atoms with Gasteiger partial charge in [0, 0.05) is 141 Å². The third kappa shape index (κ3) is 14.2. The van der Waals surface area contributed by atoms with E-state index in [9.17, 15) is 0 Å². The molecule has 18 rings (SSSR count). The fraction of sp³-hybridized carbons (Fsp3) is 0.200. The summed E-state index contributed by atoms with van der Waals surface area (Å²) < 4.78 is 96.1. The molecule has 0 saturated carbocycles. The number of hydrogen-bond acceptors (Lipinski definition) is 18. The Morgan fingerprint density at radius 3 is 0.907 bits per heavy atom. The van der Waals surface area contributed by atoms with Crippen LogP contribution in [0.4, 0.5) is 26.3 Å². The Kier molecular flexibility index (Phi) is 21.6. The van der Waals surface area contributed by atoms with E-state index in [1.807, 2.05) is 66.7 Å². The molecule has 0 N–H and O–H groups in total. The van der Waals surface area contributed by atoms with Crippen molar-refractivity contribution < 1.29 is 26.3 Å². The fourth-order valence-corrected chi connectivity index (χ4v) is 19.8. The molecule has 0 aliphatic carbocycles. The second kappa shape index (κ2) is 31.7. The molecule has 0 unspecified atom stereocenters. The van der Waals surface area contributed by atoms with Gasteiger partial charge in [-0.05, 0) is 141 Å². The van der Waals surface area contributed by atoms with Crippen LogP contribution in [0, 0.1) is 34.9 Å². The molecule has 12 nitrogen and oxygen atoms in total. The van der Waals surface area contributed by atoms with Gasteiger partial charge in [-0.25, -0.2) is 26.3 Å². The van der Waals surface area contributed by atoms with Gasteiger partial charge in [0.1, 0.15) is 96.4 Å². The lowest BCUT2D eigenvalue weighted by Gasteiger charge is -2.09. The molecule has 6 aromatic carbocycles. The highest BCUT2D eigenvalue weighted by Gasteiger charge is 2.27. The first kappa shape index (κ1) is 73.4. The van der Waals surface area contributed by atoms with E-state index in [4.69, 9.17) is 23.2 Å². The van der Waals surface area contributed by atoms with Crippen LogP contribution in [-0.4, -0.2) is 106 Å². The first-order valence-corrected chi connectivity index (χ1v) is 39.6. The SMILES string of the molecule is [B][B][B]c1ccc(-c2c(F)cc(Cc3cc(F)c(-c4ccc(CC)s4)c4c3=NCN=4)c3c2=NCN=3)s1.[B][B][B]c1ccc(-c2cc(F)c(Cc3c(F)cc(-c4ccc(CC)s4)c4c3=NCN=4)c3c2=NCN=3)s1.[B][B][B]c1ccc(-c2cc(F)c(Cc3cc(F)c(-c4ccc(CC)s4)c4c3=NCN=4)c3c2=NCN=3)s1. The number of thiophene rings is 6. The first-order chi connectivity index (χ1) is 52.7. The summed E-state index contributed by atoms with van der Waals surface area (Å²) in [7, 11) is 26.3. The lowest BCUT2D eigenvalue weighted by molar-refractivity contribution is 0.594. The quantitative estimate of drug-likeness (QED) is 0.0607. The Hall–Kier alpha value is -8.72. The van der Waals surface area contributed by atoms with Crippen molar-refractivity contribution in [2.24, 2.45) is 59.9 Å². The molecule has 33 heteroatoms. The van der Waals surface area contributed by atoms with Gasteiger partial charge in [0.2, 0.25) is 0 Å². The average Bonchev–Trinajstić information content (AvgIpc) is 1.52. The molecule has 6 aliphatic heterocycles. The minimum absolute atomic E-state index is 0.0250. The Bertz CT molecular complexity index is 6530. The van der Waals surface area contributed by atoms with Crippen molar-refractivity contribution in [1.82, 2.24) is 0 Å². The Labute approximate surface area is 647 Å². The summed E-state index contributed by atoms with van der Waals surface area (Å²) in [4.78, 5) is 63.0. The maximum Gasteiger partial charge on any atom is 0.134 e. The number of fused-ring (bicyclic) bond motifs is 6. The third-order valence-electron chi connectivity index (χ3n) is 19.0.